The van der Waals surface area contributed by atoms with Crippen molar-refractivity contribution in [2.45, 2.75) is 20.1 Å². The Balaban J connectivity index is 2.16. The van der Waals surface area contributed by atoms with Gasteiger partial charge in [-0.15, -0.1) is 17.9 Å². The van der Waals surface area contributed by atoms with Gasteiger partial charge in [0.25, 0.3) is 11.5 Å². The van der Waals surface area contributed by atoms with Crippen molar-refractivity contribution in [2.24, 2.45) is 0 Å². The van der Waals surface area contributed by atoms with Gasteiger partial charge in [0.1, 0.15) is 22.2 Å². The number of thiazole rings is 1. The zero-order chi connectivity index (χ0) is 25.4. The highest BCUT2D eigenvalue weighted by Crippen LogP contribution is 2.24. The Bertz CT molecular complexity index is 1450. The average molecular weight is 498 g/mol. The van der Waals surface area contributed by atoms with Gasteiger partial charge in [0.05, 0.1) is 16.8 Å². The first-order valence-electron chi connectivity index (χ1n) is 10.4. The van der Waals surface area contributed by atoms with Crippen molar-refractivity contribution >= 4 is 34.6 Å². The van der Waals surface area contributed by atoms with Crippen LogP contribution in [0.5, 0.6) is 11.5 Å². The second-order valence-corrected chi connectivity index (χ2v) is 7.94. The fourth-order valence-electron chi connectivity index (χ4n) is 3.18. The van der Waals surface area contributed by atoms with E-state index in [0.717, 1.165) is 11.3 Å². The molecule has 0 saturated carbocycles. The quantitative estimate of drug-likeness (QED) is 0.458. The third kappa shape index (κ3) is 6.02. The van der Waals surface area contributed by atoms with E-state index >= 15 is 0 Å². The number of anilines is 1. The molecule has 1 heterocycles. The number of amides is 1. The van der Waals surface area contributed by atoms with Crippen molar-refractivity contribution < 1.29 is 23.0 Å². The topological polar surface area (TPSA) is 93.4 Å². The lowest BCUT2D eigenvalue weighted by atomic mass is 10.2. The summed E-state index contributed by atoms with van der Waals surface area (Å²) < 4.78 is 37.0. The number of nitrogens with zero attached hydrogens (tertiary/aromatic N) is 2. The molecule has 0 radical (unpaired) electrons. The zero-order valence-corrected chi connectivity index (χ0v) is 19.5. The number of alkyl halides is 2. The minimum absolute atomic E-state index is 0.0294. The molecule has 35 heavy (non-hydrogen) atoms. The maximum absolute atomic E-state index is 13.1. The summed E-state index contributed by atoms with van der Waals surface area (Å²) in [6.07, 6.45) is 2.83. The van der Waals surface area contributed by atoms with Crippen LogP contribution in [-0.2, 0) is 11.3 Å². The van der Waals surface area contributed by atoms with Crippen LogP contribution in [-0.4, -0.2) is 23.7 Å². The Hall–Kier alpha value is -4.23. The number of halogens is 2. The van der Waals surface area contributed by atoms with Crippen LogP contribution in [0, 0.1) is 11.3 Å². The number of benzene rings is 2. The summed E-state index contributed by atoms with van der Waals surface area (Å²) >= 11 is 0.887. The lowest BCUT2D eigenvalue weighted by Gasteiger charge is -2.10. The Morgan fingerprint density at radius 2 is 1.91 bits per heavy atom. The summed E-state index contributed by atoms with van der Waals surface area (Å²) in [7, 11) is 0. The molecule has 0 bridgehead atoms. The number of hydrogen-bond donors (Lipinski definition) is 1. The highest BCUT2D eigenvalue weighted by Gasteiger charge is 2.18. The fourth-order valence-corrected chi connectivity index (χ4v) is 4.28. The Labute approximate surface area is 203 Å². The summed E-state index contributed by atoms with van der Waals surface area (Å²) in [5.74, 6) is -0.409. The monoisotopic (exact) mass is 497 g/mol. The molecule has 0 atom stereocenters. The van der Waals surface area contributed by atoms with Crippen LogP contribution in [0.4, 0.5) is 14.5 Å². The van der Waals surface area contributed by atoms with Gasteiger partial charge >= 0.3 is 6.61 Å². The third-order valence-corrected chi connectivity index (χ3v) is 5.76. The predicted molar refractivity (Wildman–Crippen MR) is 130 cm³/mol. The van der Waals surface area contributed by atoms with Crippen molar-refractivity contribution in [3.63, 3.8) is 0 Å². The molecule has 0 spiro atoms. The molecule has 3 aromatic rings. The van der Waals surface area contributed by atoms with Crippen LogP contribution in [0.3, 0.4) is 0 Å². The fraction of sp³-hybridized carbons (Fsp3) is 0.160. The van der Waals surface area contributed by atoms with Crippen LogP contribution in [0.2, 0.25) is 0 Å². The molecule has 3 rings (SSSR count). The Kier molecular flexibility index (Phi) is 8.53. The van der Waals surface area contributed by atoms with Gasteiger partial charge < -0.3 is 14.8 Å². The van der Waals surface area contributed by atoms with Gasteiger partial charge in [-0.25, -0.2) is 0 Å². The van der Waals surface area contributed by atoms with Crippen LogP contribution >= 0.6 is 11.3 Å². The highest BCUT2D eigenvalue weighted by atomic mass is 32.1. The first-order valence-corrected chi connectivity index (χ1v) is 11.2. The van der Waals surface area contributed by atoms with E-state index < -0.39 is 18.1 Å². The van der Waals surface area contributed by atoms with E-state index in [1.165, 1.54) is 34.9 Å². The summed E-state index contributed by atoms with van der Waals surface area (Å²) in [5, 5.41) is 12.5. The SMILES string of the molecule is C=CCn1c(=O)/c(=C/c2ccccc2OC(F)F)s/c1=C(\C#N)C(=O)Nc1ccccc1OCC. The molecule has 0 aliphatic heterocycles. The lowest BCUT2D eigenvalue weighted by molar-refractivity contribution is -0.111. The second kappa shape index (κ2) is 11.8. The average Bonchev–Trinajstić information content (AvgIpc) is 3.12. The predicted octanol–water partition coefficient (Wildman–Crippen LogP) is 3.24. The van der Waals surface area contributed by atoms with Crippen LogP contribution in [0.15, 0.2) is 66.0 Å². The largest absolute Gasteiger partial charge is 0.492 e. The molecule has 1 aromatic heterocycles. The molecule has 0 saturated heterocycles. The zero-order valence-electron chi connectivity index (χ0n) is 18.7. The number of hydrogen-bond acceptors (Lipinski definition) is 6. The van der Waals surface area contributed by atoms with Crippen LogP contribution < -0.4 is 29.5 Å². The van der Waals surface area contributed by atoms with E-state index in [4.69, 9.17) is 4.74 Å². The molecular formula is C25H21F2N3O4S. The minimum Gasteiger partial charge on any atom is -0.492 e. The molecule has 180 valence electrons. The maximum atomic E-state index is 13.1. The number of allylic oxidation sites excluding steroid dienone is 1. The van der Waals surface area contributed by atoms with Crippen molar-refractivity contribution in [3.05, 3.63) is 86.3 Å². The highest BCUT2D eigenvalue weighted by molar-refractivity contribution is 7.07. The number of nitrogens with one attached hydrogen (secondary N) is 1. The molecule has 7 nitrogen and oxygen atoms in total. The van der Waals surface area contributed by atoms with Gasteiger partial charge in [-0.2, -0.15) is 14.0 Å². The lowest BCUT2D eigenvalue weighted by Crippen LogP contribution is -2.33. The van der Waals surface area contributed by atoms with E-state index in [1.54, 1.807) is 37.3 Å². The van der Waals surface area contributed by atoms with Gasteiger partial charge in [0.15, 0.2) is 5.57 Å². The third-order valence-electron chi connectivity index (χ3n) is 4.63. The maximum Gasteiger partial charge on any atom is 0.387 e. The van der Waals surface area contributed by atoms with E-state index in [2.05, 4.69) is 16.6 Å². The van der Waals surface area contributed by atoms with Crippen LogP contribution in [0.1, 0.15) is 12.5 Å². The molecule has 1 N–H and O–H groups in total. The van der Waals surface area contributed by atoms with Gasteiger partial charge in [-0.3, -0.25) is 14.2 Å². The first-order chi connectivity index (χ1) is 16.9. The van der Waals surface area contributed by atoms with Gasteiger partial charge in [-0.1, -0.05) is 36.4 Å². The molecule has 0 aliphatic rings. The van der Waals surface area contributed by atoms with Crippen LogP contribution in [0.25, 0.3) is 11.6 Å². The Morgan fingerprint density at radius 3 is 2.57 bits per heavy atom. The number of para-hydroxylation sites is 3. The van der Waals surface area contributed by atoms with E-state index in [0.29, 0.717) is 18.0 Å². The van der Waals surface area contributed by atoms with Gasteiger partial charge in [0, 0.05) is 12.1 Å². The number of carbonyl (C=O) groups excluding carboxylic acids is 1. The van der Waals surface area contributed by atoms with Crippen molar-refractivity contribution in [3.8, 4) is 17.6 Å². The van der Waals surface area contributed by atoms with Gasteiger partial charge in [0.2, 0.25) is 0 Å². The summed E-state index contributed by atoms with van der Waals surface area (Å²) in [5.41, 5.74) is -0.188. The van der Waals surface area contributed by atoms with E-state index in [-0.39, 0.29) is 32.6 Å². The van der Waals surface area contributed by atoms with Gasteiger partial charge in [-0.05, 0) is 31.2 Å². The summed E-state index contributed by atoms with van der Waals surface area (Å²) in [6, 6.07) is 14.6. The molecule has 0 fully saturated rings. The molecule has 10 heteroatoms. The smallest absolute Gasteiger partial charge is 0.387 e. The number of ether oxygens (including phenoxy) is 2. The molecule has 1 amide bonds. The van der Waals surface area contributed by atoms with Crippen molar-refractivity contribution in [1.29, 1.82) is 5.26 Å². The summed E-state index contributed by atoms with van der Waals surface area (Å²) in [6.45, 7) is 2.80. The van der Waals surface area contributed by atoms with Crippen molar-refractivity contribution in [1.82, 2.24) is 4.57 Å². The number of rotatable bonds is 9. The Morgan fingerprint density at radius 1 is 1.23 bits per heavy atom. The number of aromatic nitrogens is 1. The van der Waals surface area contributed by atoms with Crippen molar-refractivity contribution in [2.75, 3.05) is 11.9 Å². The normalized spacial score (nSPS) is 12.1. The minimum atomic E-state index is -3.04. The molecule has 0 aliphatic carbocycles. The standard InChI is InChI=1S/C25H21F2N3O4S/c1-3-13-30-23(32)21(14-16-9-5-7-11-19(16)34-25(26)27)35-24(30)17(15-28)22(31)29-18-10-6-8-12-20(18)33-4-2/h3,5-12,14,25H,1,4,13H2,2H3,(H,29,31)/b21-14-,24-17+. The van der Waals surface area contributed by atoms with E-state index in [9.17, 15) is 23.6 Å². The second-order valence-electron chi connectivity index (χ2n) is 6.91. The molecule has 2 aromatic carbocycles. The number of carbonyl (C=O) groups is 1. The van der Waals surface area contributed by atoms with E-state index in [1.807, 2.05) is 6.07 Å². The summed E-state index contributed by atoms with van der Waals surface area (Å²) in [4.78, 5) is 26.1. The molecule has 0 unspecified atom stereocenters. The molecular weight excluding hydrogens is 476 g/mol. The number of nitriles is 1. The first kappa shape index (κ1) is 25.4.